The van der Waals surface area contributed by atoms with Crippen molar-refractivity contribution in [1.82, 2.24) is 9.88 Å². The van der Waals surface area contributed by atoms with Crippen LogP contribution in [0, 0.1) is 0 Å². The van der Waals surface area contributed by atoms with Crippen molar-refractivity contribution in [2.45, 2.75) is 44.8 Å². The Hall–Kier alpha value is -0.990. The molecule has 0 aliphatic carbocycles. The van der Waals surface area contributed by atoms with Gasteiger partial charge < -0.3 is 14.4 Å². The number of rotatable bonds is 4. The number of likely N-dealkylation sites (tertiary alicyclic amines) is 1. The van der Waals surface area contributed by atoms with E-state index in [1.54, 1.807) is 18.2 Å². The van der Waals surface area contributed by atoms with E-state index in [9.17, 15) is 9.59 Å². The first-order valence-electron chi connectivity index (χ1n) is 7.79. The predicted molar refractivity (Wildman–Crippen MR) is 96.0 cm³/mol. The highest BCUT2D eigenvalue weighted by atomic mass is 79.9. The lowest BCUT2D eigenvalue weighted by atomic mass is 9.92. The smallest absolute Gasteiger partial charge is 0.410 e. The maximum absolute atomic E-state index is 12.2. The van der Waals surface area contributed by atoms with Gasteiger partial charge in [0.25, 0.3) is 0 Å². The summed E-state index contributed by atoms with van der Waals surface area (Å²) in [5.41, 5.74) is -1.05. The molecule has 1 aromatic heterocycles. The van der Waals surface area contributed by atoms with Crippen LogP contribution >= 0.6 is 27.3 Å². The van der Waals surface area contributed by atoms with Gasteiger partial charge in [0.2, 0.25) is 0 Å². The van der Waals surface area contributed by atoms with Gasteiger partial charge in [-0.2, -0.15) is 0 Å². The second kappa shape index (κ2) is 7.49. The van der Waals surface area contributed by atoms with Crippen LogP contribution in [0.3, 0.4) is 0 Å². The van der Waals surface area contributed by atoms with Gasteiger partial charge >= 0.3 is 6.09 Å². The highest BCUT2D eigenvalue weighted by molar-refractivity contribution is 9.09. The van der Waals surface area contributed by atoms with E-state index in [0.717, 1.165) is 5.01 Å². The first-order chi connectivity index (χ1) is 11.2. The number of alkyl halides is 1. The van der Waals surface area contributed by atoms with E-state index in [0.29, 0.717) is 30.8 Å². The normalized spacial score (nSPS) is 17.6. The number of carbonyl (C=O) groups excluding carboxylic acids is 2. The molecule has 2 heterocycles. The van der Waals surface area contributed by atoms with Crippen LogP contribution in [0.25, 0.3) is 0 Å². The van der Waals surface area contributed by atoms with Crippen molar-refractivity contribution >= 4 is 39.1 Å². The van der Waals surface area contributed by atoms with E-state index in [4.69, 9.17) is 9.47 Å². The third kappa shape index (κ3) is 4.34. The van der Waals surface area contributed by atoms with Gasteiger partial charge in [-0.05, 0) is 20.8 Å². The molecule has 2 rings (SSSR count). The molecule has 0 aromatic carbocycles. The molecule has 1 aliphatic rings. The van der Waals surface area contributed by atoms with Crippen LogP contribution in [0.15, 0.2) is 6.20 Å². The summed E-state index contributed by atoms with van der Waals surface area (Å²) in [6, 6.07) is 0. The molecule has 1 aliphatic heterocycles. The molecule has 1 amide bonds. The van der Waals surface area contributed by atoms with Crippen LogP contribution in [-0.2, 0) is 15.1 Å². The monoisotopic (exact) mass is 418 g/mol. The number of halogens is 1. The number of amides is 1. The van der Waals surface area contributed by atoms with Crippen molar-refractivity contribution in [2.75, 3.05) is 25.5 Å². The van der Waals surface area contributed by atoms with Crippen LogP contribution in [0.1, 0.15) is 48.3 Å². The Bertz CT molecular complexity index is 603. The molecular weight excluding hydrogens is 396 g/mol. The zero-order valence-corrected chi connectivity index (χ0v) is 16.8. The summed E-state index contributed by atoms with van der Waals surface area (Å²) in [4.78, 5) is 30.7. The lowest BCUT2D eigenvalue weighted by Crippen LogP contribution is -2.47. The number of ether oxygens (including phenoxy) is 2. The Labute approximate surface area is 154 Å². The molecular formula is C16H23BrN2O4S. The van der Waals surface area contributed by atoms with Gasteiger partial charge in [-0.1, -0.05) is 15.9 Å². The third-order valence-electron chi connectivity index (χ3n) is 3.91. The molecule has 0 saturated carbocycles. The Morgan fingerprint density at radius 1 is 1.38 bits per heavy atom. The molecule has 24 heavy (non-hydrogen) atoms. The fourth-order valence-corrected chi connectivity index (χ4v) is 4.13. The fourth-order valence-electron chi connectivity index (χ4n) is 2.56. The largest absolute Gasteiger partial charge is 0.444 e. The van der Waals surface area contributed by atoms with Crippen molar-refractivity contribution in [3.8, 4) is 0 Å². The van der Waals surface area contributed by atoms with E-state index in [1.165, 1.54) is 11.3 Å². The number of thiazole rings is 1. The number of nitrogens with zero attached hydrogens (tertiary/aromatic N) is 2. The molecule has 0 spiro atoms. The highest BCUT2D eigenvalue weighted by Crippen LogP contribution is 2.38. The van der Waals surface area contributed by atoms with Crippen LogP contribution in [0.2, 0.25) is 0 Å². The second-order valence-electron chi connectivity index (χ2n) is 6.75. The molecule has 8 heteroatoms. The minimum absolute atomic E-state index is 0.0104. The molecule has 1 aromatic rings. The summed E-state index contributed by atoms with van der Waals surface area (Å²) in [6.07, 6.45) is 2.54. The quantitative estimate of drug-likeness (QED) is 0.551. The summed E-state index contributed by atoms with van der Waals surface area (Å²) in [5.74, 6) is 0.0104. The number of Topliss-reactive ketones (excluding diaryl/α,β-unsaturated/α-hetero) is 1. The maximum atomic E-state index is 12.2. The van der Waals surface area contributed by atoms with E-state index < -0.39 is 11.2 Å². The number of ketones is 1. The van der Waals surface area contributed by atoms with Crippen LogP contribution in [0.5, 0.6) is 0 Å². The standard InChI is InChI=1S/C16H23BrN2O4S/c1-15(2,3)23-14(21)19-7-5-16(22-4,6-8-19)13-18-10-12(24-13)11(20)9-17/h10H,5-9H2,1-4H3. The van der Waals surface area contributed by atoms with Crippen molar-refractivity contribution < 1.29 is 19.1 Å². The molecule has 1 saturated heterocycles. The maximum Gasteiger partial charge on any atom is 0.410 e. The van der Waals surface area contributed by atoms with E-state index >= 15 is 0 Å². The van der Waals surface area contributed by atoms with Crippen molar-refractivity contribution in [1.29, 1.82) is 0 Å². The fraction of sp³-hybridized carbons (Fsp3) is 0.688. The number of hydrogen-bond acceptors (Lipinski definition) is 6. The van der Waals surface area contributed by atoms with E-state index in [-0.39, 0.29) is 17.2 Å². The van der Waals surface area contributed by atoms with Crippen molar-refractivity contribution in [3.05, 3.63) is 16.1 Å². The van der Waals surface area contributed by atoms with Crippen molar-refractivity contribution in [2.24, 2.45) is 0 Å². The summed E-state index contributed by atoms with van der Waals surface area (Å²) >= 11 is 4.54. The molecule has 0 atom stereocenters. The highest BCUT2D eigenvalue weighted by Gasteiger charge is 2.41. The van der Waals surface area contributed by atoms with Crippen molar-refractivity contribution in [3.63, 3.8) is 0 Å². The van der Waals surface area contributed by atoms with Crippen LogP contribution in [0.4, 0.5) is 4.79 Å². The summed E-state index contributed by atoms with van der Waals surface area (Å²) in [6.45, 7) is 6.62. The zero-order chi connectivity index (χ0) is 18.0. The van der Waals surface area contributed by atoms with Crippen LogP contribution in [-0.4, -0.2) is 52.9 Å². The van der Waals surface area contributed by atoms with Gasteiger partial charge in [-0.25, -0.2) is 9.78 Å². The molecule has 0 N–H and O–H groups in total. The summed E-state index contributed by atoms with van der Waals surface area (Å²) < 4.78 is 11.2. The lowest BCUT2D eigenvalue weighted by molar-refractivity contribution is -0.0651. The summed E-state index contributed by atoms with van der Waals surface area (Å²) in [7, 11) is 1.65. The first kappa shape index (κ1) is 19.3. The third-order valence-corrected chi connectivity index (χ3v) is 5.64. The molecule has 134 valence electrons. The predicted octanol–water partition coefficient (Wildman–Crippen LogP) is 3.59. The van der Waals surface area contributed by atoms with Gasteiger partial charge in [0.05, 0.1) is 10.2 Å². The Morgan fingerprint density at radius 3 is 2.50 bits per heavy atom. The Balaban J connectivity index is 2.07. The molecule has 6 nitrogen and oxygen atoms in total. The number of carbonyl (C=O) groups is 2. The Kier molecular flexibility index (Phi) is 6.04. The second-order valence-corrected chi connectivity index (χ2v) is 8.34. The van der Waals surface area contributed by atoms with Gasteiger partial charge in [-0.3, -0.25) is 4.79 Å². The van der Waals surface area contributed by atoms with Gasteiger partial charge in [0.15, 0.2) is 5.78 Å². The molecule has 0 radical (unpaired) electrons. The Morgan fingerprint density at radius 2 is 2.00 bits per heavy atom. The van der Waals surface area contributed by atoms with Gasteiger partial charge in [-0.15, -0.1) is 11.3 Å². The molecule has 0 bridgehead atoms. The first-order valence-corrected chi connectivity index (χ1v) is 9.73. The topological polar surface area (TPSA) is 68.7 Å². The average Bonchev–Trinajstić information content (AvgIpc) is 3.03. The summed E-state index contributed by atoms with van der Waals surface area (Å²) in [5, 5.41) is 1.07. The minimum Gasteiger partial charge on any atom is -0.444 e. The van der Waals surface area contributed by atoms with Crippen LogP contribution < -0.4 is 0 Å². The SMILES string of the molecule is COC1(c2ncc(C(=O)CBr)s2)CCN(C(=O)OC(C)(C)C)CC1. The number of methoxy groups -OCH3 is 1. The average molecular weight is 419 g/mol. The number of piperidine rings is 1. The zero-order valence-electron chi connectivity index (χ0n) is 14.4. The molecule has 1 fully saturated rings. The number of aromatic nitrogens is 1. The lowest BCUT2D eigenvalue weighted by Gasteiger charge is -2.39. The minimum atomic E-state index is -0.548. The van der Waals surface area contributed by atoms with Gasteiger partial charge in [0, 0.05) is 39.2 Å². The molecule has 0 unspecified atom stereocenters. The van der Waals surface area contributed by atoms with E-state index in [2.05, 4.69) is 20.9 Å². The van der Waals surface area contributed by atoms with E-state index in [1.807, 2.05) is 20.8 Å². The number of hydrogen-bond donors (Lipinski definition) is 0. The van der Waals surface area contributed by atoms with Gasteiger partial charge in [0.1, 0.15) is 16.2 Å².